The molecule has 0 atom stereocenters. The summed E-state index contributed by atoms with van der Waals surface area (Å²) in [5.41, 5.74) is 8.61. The van der Waals surface area contributed by atoms with Crippen LogP contribution in [0, 0.1) is 0 Å². The van der Waals surface area contributed by atoms with E-state index in [9.17, 15) is 9.90 Å². The lowest BCUT2D eigenvalue weighted by Gasteiger charge is -2.08. The first kappa shape index (κ1) is 14.4. The van der Waals surface area contributed by atoms with Crippen LogP contribution in [0.5, 0.6) is 0 Å². The Hall–Kier alpha value is -2.53. The Morgan fingerprint density at radius 3 is 2.77 bits per heavy atom. The number of nitrogens with two attached hydrogens (primary N) is 1. The van der Waals surface area contributed by atoms with Crippen LogP contribution in [0.4, 0.5) is 10.6 Å². The Labute approximate surface area is 132 Å². The van der Waals surface area contributed by atoms with Gasteiger partial charge in [0, 0.05) is 22.2 Å². The fraction of sp³-hybridized carbons (Fsp3) is 0.125. The Morgan fingerprint density at radius 2 is 2.14 bits per heavy atom. The van der Waals surface area contributed by atoms with E-state index in [2.05, 4.69) is 4.98 Å². The maximum absolute atomic E-state index is 11.8. The second-order valence-electron chi connectivity index (χ2n) is 4.93. The van der Waals surface area contributed by atoms with Gasteiger partial charge < -0.3 is 10.8 Å². The van der Waals surface area contributed by atoms with Crippen LogP contribution in [-0.4, -0.2) is 20.8 Å². The fourth-order valence-corrected chi connectivity index (χ4v) is 2.96. The van der Waals surface area contributed by atoms with E-state index in [0.717, 1.165) is 16.5 Å². The average Bonchev–Trinajstić information content (AvgIpc) is 2.80. The minimum absolute atomic E-state index is 0.347. The third kappa shape index (κ3) is 2.19. The third-order valence-corrected chi connectivity index (χ3v) is 3.87. The summed E-state index contributed by atoms with van der Waals surface area (Å²) in [6.07, 6.45) is 1.20. The summed E-state index contributed by atoms with van der Waals surface area (Å²) < 4.78 is 1.28. The number of aromatic nitrogens is 2. The van der Waals surface area contributed by atoms with Crippen LogP contribution in [-0.2, 0) is 6.42 Å². The summed E-state index contributed by atoms with van der Waals surface area (Å²) in [6.45, 7) is 1.98. The minimum Gasteiger partial charge on any atom is -0.464 e. The Balaban J connectivity index is 2.46. The maximum Gasteiger partial charge on any atom is 0.416 e. The van der Waals surface area contributed by atoms with E-state index < -0.39 is 6.09 Å². The van der Waals surface area contributed by atoms with Gasteiger partial charge in [0.15, 0.2) is 0 Å². The molecule has 0 unspecified atom stereocenters. The summed E-state index contributed by atoms with van der Waals surface area (Å²) in [5, 5.41) is 11.1. The number of benzene rings is 1. The first-order chi connectivity index (χ1) is 10.5. The van der Waals surface area contributed by atoms with Gasteiger partial charge in [-0.25, -0.2) is 14.3 Å². The van der Waals surface area contributed by atoms with E-state index >= 15 is 0 Å². The third-order valence-electron chi connectivity index (χ3n) is 3.63. The van der Waals surface area contributed by atoms with Crippen LogP contribution in [0.2, 0.25) is 5.02 Å². The van der Waals surface area contributed by atoms with Crippen molar-refractivity contribution in [2.24, 2.45) is 0 Å². The van der Waals surface area contributed by atoms with Crippen molar-refractivity contribution in [1.29, 1.82) is 0 Å². The number of carboxylic acid groups (broad SMARTS) is 1. The van der Waals surface area contributed by atoms with Gasteiger partial charge >= 0.3 is 6.09 Å². The highest BCUT2D eigenvalue weighted by Gasteiger charge is 2.21. The van der Waals surface area contributed by atoms with Crippen molar-refractivity contribution in [2.75, 3.05) is 5.73 Å². The van der Waals surface area contributed by atoms with Crippen molar-refractivity contribution in [2.45, 2.75) is 13.3 Å². The SMILES string of the molecule is CCc1c(-c2ccnc(N)c2)n(C(=O)O)c2ccc(Cl)cc12. The Morgan fingerprint density at radius 1 is 1.36 bits per heavy atom. The molecule has 0 aliphatic carbocycles. The number of nitrogen functional groups attached to an aromatic ring is 1. The molecule has 0 saturated heterocycles. The first-order valence-electron chi connectivity index (χ1n) is 6.81. The lowest BCUT2D eigenvalue weighted by Crippen LogP contribution is -2.10. The monoisotopic (exact) mass is 315 g/mol. The van der Waals surface area contributed by atoms with Crippen LogP contribution in [0.15, 0.2) is 36.5 Å². The molecule has 3 N–H and O–H groups in total. The van der Waals surface area contributed by atoms with Gasteiger partial charge in [0.2, 0.25) is 0 Å². The molecule has 1 aromatic carbocycles. The lowest BCUT2D eigenvalue weighted by molar-refractivity contribution is 0.198. The molecule has 0 aliphatic rings. The number of anilines is 1. The van der Waals surface area contributed by atoms with E-state index in [-0.39, 0.29) is 0 Å². The van der Waals surface area contributed by atoms with Crippen molar-refractivity contribution in [3.8, 4) is 11.3 Å². The molecule has 2 heterocycles. The predicted molar refractivity (Wildman–Crippen MR) is 87.4 cm³/mol. The second kappa shape index (κ2) is 5.35. The number of rotatable bonds is 2. The molecule has 0 spiro atoms. The summed E-state index contributed by atoms with van der Waals surface area (Å²) in [6, 6.07) is 8.63. The fourth-order valence-electron chi connectivity index (χ4n) is 2.78. The predicted octanol–water partition coefficient (Wildman–Crippen LogP) is 4.03. The first-order valence-corrected chi connectivity index (χ1v) is 7.18. The smallest absolute Gasteiger partial charge is 0.416 e. The zero-order valence-corrected chi connectivity index (χ0v) is 12.6. The standard InChI is InChI=1S/C16H14ClN3O2/c1-2-11-12-8-10(17)3-4-13(12)20(16(21)22)15(11)9-5-6-19-14(18)7-9/h3-8H,2H2,1H3,(H2,18,19)(H,21,22). The minimum atomic E-state index is -1.04. The summed E-state index contributed by atoms with van der Waals surface area (Å²) in [4.78, 5) is 15.8. The summed E-state index contributed by atoms with van der Waals surface area (Å²) in [7, 11) is 0. The molecule has 5 nitrogen and oxygen atoms in total. The van der Waals surface area contributed by atoms with Crippen molar-refractivity contribution in [3.63, 3.8) is 0 Å². The molecule has 112 valence electrons. The molecule has 22 heavy (non-hydrogen) atoms. The largest absolute Gasteiger partial charge is 0.464 e. The maximum atomic E-state index is 11.8. The zero-order chi connectivity index (χ0) is 15.9. The number of hydrogen-bond acceptors (Lipinski definition) is 3. The molecule has 2 aromatic heterocycles. The Kier molecular flexibility index (Phi) is 3.50. The number of fused-ring (bicyclic) bond motifs is 1. The molecule has 0 fully saturated rings. The molecular weight excluding hydrogens is 302 g/mol. The highest BCUT2D eigenvalue weighted by Crippen LogP contribution is 2.35. The number of carbonyl (C=O) groups is 1. The van der Waals surface area contributed by atoms with E-state index in [1.807, 2.05) is 6.92 Å². The van der Waals surface area contributed by atoms with Crippen LogP contribution in [0.3, 0.4) is 0 Å². The van der Waals surface area contributed by atoms with Crippen molar-refractivity contribution >= 4 is 34.4 Å². The van der Waals surface area contributed by atoms with E-state index in [4.69, 9.17) is 17.3 Å². The second-order valence-corrected chi connectivity index (χ2v) is 5.37. The van der Waals surface area contributed by atoms with Crippen molar-refractivity contribution in [1.82, 2.24) is 9.55 Å². The van der Waals surface area contributed by atoms with Gasteiger partial charge in [0.05, 0.1) is 11.2 Å². The molecule has 0 radical (unpaired) electrons. The van der Waals surface area contributed by atoms with Crippen molar-refractivity contribution in [3.05, 3.63) is 47.1 Å². The average molecular weight is 316 g/mol. The summed E-state index contributed by atoms with van der Waals surface area (Å²) >= 11 is 6.07. The lowest BCUT2D eigenvalue weighted by atomic mass is 10.0. The molecule has 3 rings (SSSR count). The number of nitrogens with zero attached hydrogens (tertiary/aromatic N) is 2. The highest BCUT2D eigenvalue weighted by atomic mass is 35.5. The molecule has 0 saturated carbocycles. The van der Waals surface area contributed by atoms with Crippen LogP contribution in [0.1, 0.15) is 12.5 Å². The summed E-state index contributed by atoms with van der Waals surface area (Å²) in [5.74, 6) is 0.347. The van der Waals surface area contributed by atoms with E-state index in [1.54, 1.807) is 36.5 Å². The molecule has 0 aliphatic heterocycles. The number of hydrogen-bond donors (Lipinski definition) is 2. The van der Waals surface area contributed by atoms with E-state index in [0.29, 0.717) is 28.5 Å². The van der Waals surface area contributed by atoms with Crippen LogP contribution in [0.25, 0.3) is 22.2 Å². The van der Waals surface area contributed by atoms with Crippen LogP contribution < -0.4 is 5.73 Å². The number of pyridine rings is 1. The van der Waals surface area contributed by atoms with Gasteiger partial charge in [0.25, 0.3) is 0 Å². The van der Waals surface area contributed by atoms with Gasteiger partial charge in [-0.3, -0.25) is 0 Å². The van der Waals surface area contributed by atoms with Gasteiger partial charge in [-0.05, 0) is 42.3 Å². The van der Waals surface area contributed by atoms with Gasteiger partial charge in [0.1, 0.15) is 5.82 Å². The van der Waals surface area contributed by atoms with Crippen molar-refractivity contribution < 1.29 is 9.90 Å². The Bertz CT molecular complexity index is 886. The van der Waals surface area contributed by atoms with Gasteiger partial charge in [-0.2, -0.15) is 0 Å². The quantitative estimate of drug-likeness (QED) is 0.748. The van der Waals surface area contributed by atoms with Crippen LogP contribution >= 0.6 is 11.6 Å². The molecule has 0 amide bonds. The highest BCUT2D eigenvalue weighted by molar-refractivity contribution is 6.31. The zero-order valence-electron chi connectivity index (χ0n) is 11.9. The molecule has 6 heteroatoms. The van der Waals surface area contributed by atoms with Gasteiger partial charge in [-0.15, -0.1) is 0 Å². The topological polar surface area (TPSA) is 81.1 Å². The number of halogens is 1. The van der Waals surface area contributed by atoms with E-state index in [1.165, 1.54) is 4.57 Å². The molecule has 0 bridgehead atoms. The molecular formula is C16H14ClN3O2. The van der Waals surface area contributed by atoms with Gasteiger partial charge in [-0.1, -0.05) is 18.5 Å². The number of aryl methyl sites for hydroxylation is 1. The molecule has 3 aromatic rings. The normalized spacial score (nSPS) is 11.0.